The lowest BCUT2D eigenvalue weighted by molar-refractivity contribution is -0.138. The van der Waals surface area contributed by atoms with Crippen LogP contribution in [0.3, 0.4) is 0 Å². The van der Waals surface area contributed by atoms with E-state index in [0.29, 0.717) is 4.31 Å². The minimum absolute atomic E-state index is 0.138. The van der Waals surface area contributed by atoms with E-state index in [9.17, 15) is 26.4 Å². The van der Waals surface area contributed by atoms with Crippen molar-refractivity contribution >= 4 is 31.9 Å². The summed E-state index contributed by atoms with van der Waals surface area (Å²) in [7, 11) is -0.406. The van der Waals surface area contributed by atoms with Crippen LogP contribution in [0.15, 0.2) is 21.5 Å². The van der Waals surface area contributed by atoms with Gasteiger partial charge in [0.15, 0.2) is 11.5 Å². The molecule has 0 aliphatic carbocycles. The number of nitrogens with zero attached hydrogens (tertiary/aromatic N) is 1. The third-order valence-electron chi connectivity index (χ3n) is 2.98. The van der Waals surface area contributed by atoms with E-state index in [0.717, 1.165) is 7.05 Å². The minimum Gasteiger partial charge on any atom is -0.493 e. The third-order valence-corrected chi connectivity index (χ3v) is 5.74. The van der Waals surface area contributed by atoms with Gasteiger partial charge in [-0.25, -0.2) is 8.42 Å². The molecule has 1 aromatic carbocycles. The Hall–Kier alpha value is -1.53. The first kappa shape index (κ1) is 21.5. The van der Waals surface area contributed by atoms with Crippen molar-refractivity contribution in [1.82, 2.24) is 9.62 Å². The highest BCUT2D eigenvalue weighted by molar-refractivity contribution is 9.10. The molecule has 25 heavy (non-hydrogen) atoms. The van der Waals surface area contributed by atoms with Crippen LogP contribution < -0.4 is 14.8 Å². The molecule has 1 amide bonds. The fraction of sp³-hybridized carbons (Fsp3) is 0.462. The minimum atomic E-state index is -4.58. The lowest BCUT2D eigenvalue weighted by Gasteiger charge is -2.19. The molecule has 0 radical (unpaired) electrons. The number of halogens is 4. The van der Waals surface area contributed by atoms with E-state index in [4.69, 9.17) is 9.47 Å². The molecular weight excluding hydrogens is 433 g/mol. The van der Waals surface area contributed by atoms with Gasteiger partial charge in [-0.1, -0.05) is 0 Å². The highest BCUT2D eigenvalue weighted by atomic mass is 79.9. The summed E-state index contributed by atoms with van der Waals surface area (Å²) in [4.78, 5) is 11.3. The Morgan fingerprint density at radius 3 is 2.24 bits per heavy atom. The monoisotopic (exact) mass is 448 g/mol. The Morgan fingerprint density at radius 1 is 1.24 bits per heavy atom. The number of rotatable bonds is 7. The van der Waals surface area contributed by atoms with Gasteiger partial charge in [0.05, 0.1) is 20.8 Å². The number of amides is 1. The Morgan fingerprint density at radius 2 is 1.76 bits per heavy atom. The van der Waals surface area contributed by atoms with Gasteiger partial charge >= 0.3 is 6.18 Å². The van der Waals surface area contributed by atoms with Gasteiger partial charge < -0.3 is 14.8 Å². The number of sulfonamides is 1. The van der Waals surface area contributed by atoms with E-state index in [2.05, 4.69) is 15.9 Å². The Labute approximate surface area is 151 Å². The number of likely N-dealkylation sites (N-methyl/N-ethyl adjacent to an activating group) is 1. The molecule has 0 saturated carbocycles. The third kappa shape index (κ3) is 5.75. The molecular formula is C13H16BrF3N2O5S. The first-order chi connectivity index (χ1) is 11.4. The van der Waals surface area contributed by atoms with E-state index >= 15 is 0 Å². The maximum absolute atomic E-state index is 12.6. The Balaban J connectivity index is 3.02. The Kier molecular flexibility index (Phi) is 7.08. The molecule has 1 N–H and O–H groups in total. The van der Waals surface area contributed by atoms with Crippen LogP contribution >= 0.6 is 15.9 Å². The van der Waals surface area contributed by atoms with Crippen molar-refractivity contribution in [2.24, 2.45) is 0 Å². The lowest BCUT2D eigenvalue weighted by Crippen LogP contribution is -2.41. The predicted octanol–water partition coefficient (Wildman–Crippen LogP) is 1.77. The number of carbonyl (C=O) groups is 1. The van der Waals surface area contributed by atoms with Crippen LogP contribution in [0.1, 0.15) is 0 Å². The van der Waals surface area contributed by atoms with Gasteiger partial charge in [-0.15, -0.1) is 0 Å². The first-order valence-electron chi connectivity index (χ1n) is 6.63. The van der Waals surface area contributed by atoms with Crippen LogP contribution in [0.5, 0.6) is 11.5 Å². The molecule has 0 saturated heterocycles. The van der Waals surface area contributed by atoms with Gasteiger partial charge in [0.25, 0.3) is 0 Å². The van der Waals surface area contributed by atoms with Crippen molar-refractivity contribution in [1.29, 1.82) is 0 Å². The molecule has 0 aliphatic rings. The fourth-order valence-electron chi connectivity index (χ4n) is 1.74. The van der Waals surface area contributed by atoms with E-state index in [1.165, 1.54) is 26.4 Å². The molecule has 0 aromatic heterocycles. The molecule has 1 aromatic rings. The van der Waals surface area contributed by atoms with E-state index in [1.54, 1.807) is 5.32 Å². The van der Waals surface area contributed by atoms with Gasteiger partial charge in [-0.3, -0.25) is 4.79 Å². The summed E-state index contributed by atoms with van der Waals surface area (Å²) < 4.78 is 72.2. The maximum Gasteiger partial charge on any atom is 0.405 e. The molecule has 7 nitrogen and oxygen atoms in total. The van der Waals surface area contributed by atoms with Gasteiger partial charge in [0.2, 0.25) is 15.9 Å². The second-order valence-corrected chi connectivity index (χ2v) is 7.66. The SMILES string of the molecule is COc1cc(Br)c(S(=O)(=O)N(C)CC(=O)NCC(F)(F)F)cc1OC. The van der Waals surface area contributed by atoms with Crippen LogP contribution in [0, 0.1) is 0 Å². The molecule has 0 heterocycles. The molecule has 0 fully saturated rings. The quantitative estimate of drug-likeness (QED) is 0.686. The zero-order valence-electron chi connectivity index (χ0n) is 13.5. The summed E-state index contributed by atoms with van der Waals surface area (Å²) in [6.45, 7) is -2.32. The number of methoxy groups -OCH3 is 2. The lowest BCUT2D eigenvalue weighted by atomic mass is 10.3. The second-order valence-electron chi connectivity index (χ2n) is 4.79. The Bertz CT molecular complexity index is 740. The van der Waals surface area contributed by atoms with Gasteiger partial charge in [0.1, 0.15) is 11.4 Å². The number of hydrogen-bond acceptors (Lipinski definition) is 5. The zero-order chi connectivity index (χ0) is 19.4. The summed E-state index contributed by atoms with van der Waals surface area (Å²) in [5.41, 5.74) is 0. The molecule has 0 atom stereocenters. The fourth-order valence-corrected chi connectivity index (χ4v) is 3.86. The molecule has 0 aliphatic heterocycles. The molecule has 0 spiro atoms. The highest BCUT2D eigenvalue weighted by Crippen LogP contribution is 2.36. The van der Waals surface area contributed by atoms with E-state index < -0.39 is 35.2 Å². The van der Waals surface area contributed by atoms with Gasteiger partial charge in [-0.05, 0) is 22.0 Å². The number of alkyl halides is 3. The van der Waals surface area contributed by atoms with Crippen molar-refractivity contribution in [2.75, 3.05) is 34.4 Å². The molecule has 0 bridgehead atoms. The molecule has 0 unspecified atom stereocenters. The summed E-state index contributed by atoms with van der Waals surface area (Å²) in [6.07, 6.45) is -4.58. The normalized spacial score (nSPS) is 12.2. The number of benzene rings is 1. The summed E-state index contributed by atoms with van der Waals surface area (Å²) in [5.74, 6) is -0.668. The van der Waals surface area contributed by atoms with Crippen molar-refractivity contribution in [3.63, 3.8) is 0 Å². The number of hydrogen-bond donors (Lipinski definition) is 1. The summed E-state index contributed by atoms with van der Waals surface area (Å²) in [6, 6.07) is 2.55. The van der Waals surface area contributed by atoms with Crippen LogP contribution in [0.4, 0.5) is 13.2 Å². The average molecular weight is 449 g/mol. The van der Waals surface area contributed by atoms with Crippen LogP contribution in [0.25, 0.3) is 0 Å². The van der Waals surface area contributed by atoms with Crippen molar-refractivity contribution < 1.29 is 35.9 Å². The van der Waals surface area contributed by atoms with Crippen LogP contribution in [-0.4, -0.2) is 59.2 Å². The van der Waals surface area contributed by atoms with Gasteiger partial charge in [-0.2, -0.15) is 17.5 Å². The number of ether oxygens (including phenoxy) is 2. The zero-order valence-corrected chi connectivity index (χ0v) is 15.9. The molecule has 12 heteroatoms. The standard InChI is InChI=1S/C13H16BrF3N2O5S/c1-19(6-12(20)18-7-13(15,16)17)25(21,22)11-5-10(24-3)9(23-2)4-8(11)14/h4-5H,6-7H2,1-3H3,(H,18,20). The maximum atomic E-state index is 12.6. The summed E-state index contributed by atoms with van der Waals surface area (Å²) >= 11 is 3.09. The van der Waals surface area contributed by atoms with E-state index in [-0.39, 0.29) is 20.9 Å². The van der Waals surface area contributed by atoms with E-state index in [1.807, 2.05) is 0 Å². The van der Waals surface area contributed by atoms with Crippen molar-refractivity contribution in [3.8, 4) is 11.5 Å². The molecule has 142 valence electrons. The van der Waals surface area contributed by atoms with Crippen molar-refractivity contribution in [2.45, 2.75) is 11.1 Å². The highest BCUT2D eigenvalue weighted by Gasteiger charge is 2.30. The largest absolute Gasteiger partial charge is 0.493 e. The van der Waals surface area contributed by atoms with Gasteiger partial charge in [0, 0.05) is 17.6 Å². The molecule has 1 rings (SSSR count). The smallest absolute Gasteiger partial charge is 0.405 e. The summed E-state index contributed by atoms with van der Waals surface area (Å²) in [5, 5.41) is 1.61. The number of carbonyl (C=O) groups excluding carboxylic acids is 1. The van der Waals surface area contributed by atoms with Crippen molar-refractivity contribution in [3.05, 3.63) is 16.6 Å². The predicted molar refractivity (Wildman–Crippen MR) is 86.1 cm³/mol. The first-order valence-corrected chi connectivity index (χ1v) is 8.87. The topological polar surface area (TPSA) is 84.9 Å². The number of nitrogens with one attached hydrogen (secondary N) is 1. The average Bonchev–Trinajstić information content (AvgIpc) is 2.51. The van der Waals surface area contributed by atoms with Crippen LogP contribution in [-0.2, 0) is 14.8 Å². The second kappa shape index (κ2) is 8.23. The van der Waals surface area contributed by atoms with Crippen LogP contribution in [0.2, 0.25) is 0 Å².